The maximum absolute atomic E-state index is 12.5. The normalized spacial score (nSPS) is 29.8. The summed E-state index contributed by atoms with van der Waals surface area (Å²) in [5, 5.41) is 3.53. The number of urea groups is 1. The van der Waals surface area contributed by atoms with E-state index in [0.29, 0.717) is 12.1 Å². The zero-order valence-electron chi connectivity index (χ0n) is 11.1. The zero-order chi connectivity index (χ0) is 12.3. The van der Waals surface area contributed by atoms with Crippen LogP contribution in [0.15, 0.2) is 0 Å². The molecular weight excluding hydrogens is 214 g/mol. The van der Waals surface area contributed by atoms with E-state index in [1.165, 1.54) is 12.8 Å². The van der Waals surface area contributed by atoms with E-state index in [9.17, 15) is 4.79 Å². The zero-order valence-corrected chi connectivity index (χ0v) is 11.1. The number of nitrogens with zero attached hydrogens (tertiary/aromatic N) is 2. The number of hydrogen-bond donors (Lipinski definition) is 1. The van der Waals surface area contributed by atoms with Crippen molar-refractivity contribution in [2.45, 2.75) is 51.6 Å². The van der Waals surface area contributed by atoms with Crippen molar-refractivity contribution < 1.29 is 4.79 Å². The predicted molar refractivity (Wildman–Crippen MR) is 69.1 cm³/mol. The molecule has 2 aliphatic rings. The second-order valence-electron chi connectivity index (χ2n) is 5.20. The Kier molecular flexibility index (Phi) is 4.26. The minimum Gasteiger partial charge on any atom is -0.325 e. The van der Waals surface area contributed by atoms with E-state index < -0.39 is 0 Å². The minimum atomic E-state index is 0.273. The molecule has 0 radical (unpaired) electrons. The van der Waals surface area contributed by atoms with Crippen LogP contribution in [0, 0.1) is 0 Å². The van der Waals surface area contributed by atoms with Crippen LogP contribution in [0.5, 0.6) is 0 Å². The molecular formula is C13H25N3O. The fourth-order valence-electron chi connectivity index (χ4n) is 2.83. The molecule has 4 nitrogen and oxygen atoms in total. The van der Waals surface area contributed by atoms with E-state index in [1.54, 1.807) is 0 Å². The second kappa shape index (κ2) is 5.71. The highest BCUT2D eigenvalue weighted by Gasteiger charge is 2.32. The third kappa shape index (κ3) is 2.73. The van der Waals surface area contributed by atoms with Crippen molar-refractivity contribution in [1.82, 2.24) is 15.1 Å². The van der Waals surface area contributed by atoms with Crippen LogP contribution in [0.1, 0.15) is 39.5 Å². The molecule has 2 heterocycles. The molecule has 2 saturated heterocycles. The molecule has 17 heavy (non-hydrogen) atoms. The average Bonchev–Trinajstić information content (AvgIpc) is 2.91. The summed E-state index contributed by atoms with van der Waals surface area (Å²) in [6.45, 7) is 8.09. The summed E-state index contributed by atoms with van der Waals surface area (Å²) in [5.41, 5.74) is 0. The maximum Gasteiger partial charge on any atom is 0.320 e. The Labute approximate surface area is 104 Å². The van der Waals surface area contributed by atoms with E-state index in [1.807, 2.05) is 4.90 Å². The molecule has 0 aromatic heterocycles. The van der Waals surface area contributed by atoms with E-state index in [-0.39, 0.29) is 6.03 Å². The lowest BCUT2D eigenvalue weighted by atomic mass is 10.1. The Balaban J connectivity index is 2.00. The van der Waals surface area contributed by atoms with Gasteiger partial charge in [0.05, 0.1) is 0 Å². The van der Waals surface area contributed by atoms with Crippen LogP contribution in [0.4, 0.5) is 4.79 Å². The number of rotatable bonds is 2. The predicted octanol–water partition coefficient (Wildman–Crippen LogP) is 1.66. The summed E-state index contributed by atoms with van der Waals surface area (Å²) >= 11 is 0. The lowest BCUT2D eigenvalue weighted by Gasteiger charge is -2.41. The van der Waals surface area contributed by atoms with Crippen LogP contribution in [-0.2, 0) is 0 Å². The maximum atomic E-state index is 12.5. The van der Waals surface area contributed by atoms with Crippen molar-refractivity contribution >= 4 is 6.03 Å². The van der Waals surface area contributed by atoms with Crippen LogP contribution in [0.3, 0.4) is 0 Å². The van der Waals surface area contributed by atoms with Gasteiger partial charge < -0.3 is 15.1 Å². The van der Waals surface area contributed by atoms with Crippen molar-refractivity contribution in [1.29, 1.82) is 0 Å². The molecule has 2 rings (SSSR count). The van der Waals surface area contributed by atoms with Crippen LogP contribution < -0.4 is 5.32 Å². The number of carbonyl (C=O) groups excluding carboxylic acids is 1. The van der Waals surface area contributed by atoms with Gasteiger partial charge in [-0.15, -0.1) is 0 Å². The molecule has 98 valence electrons. The van der Waals surface area contributed by atoms with Gasteiger partial charge in [-0.3, -0.25) is 0 Å². The van der Waals surface area contributed by atoms with E-state index in [2.05, 4.69) is 24.1 Å². The topological polar surface area (TPSA) is 35.6 Å². The smallest absolute Gasteiger partial charge is 0.320 e. The molecule has 0 aromatic carbocycles. The van der Waals surface area contributed by atoms with Gasteiger partial charge in [0.15, 0.2) is 0 Å². The lowest BCUT2D eigenvalue weighted by Crippen LogP contribution is -2.60. The van der Waals surface area contributed by atoms with Gasteiger partial charge in [-0.25, -0.2) is 4.79 Å². The van der Waals surface area contributed by atoms with E-state index in [0.717, 1.165) is 39.0 Å². The first-order valence-corrected chi connectivity index (χ1v) is 7.05. The van der Waals surface area contributed by atoms with Crippen molar-refractivity contribution in [2.75, 3.05) is 26.2 Å². The van der Waals surface area contributed by atoms with E-state index in [4.69, 9.17) is 0 Å². The molecule has 1 N–H and O–H groups in total. The highest BCUT2D eigenvalue weighted by molar-refractivity contribution is 5.75. The van der Waals surface area contributed by atoms with Gasteiger partial charge in [-0.05, 0) is 25.7 Å². The molecule has 0 saturated carbocycles. The first kappa shape index (κ1) is 12.7. The first-order valence-electron chi connectivity index (χ1n) is 7.05. The summed E-state index contributed by atoms with van der Waals surface area (Å²) in [5.74, 6) is 0. The Morgan fingerprint density at radius 2 is 1.94 bits per heavy atom. The third-order valence-electron chi connectivity index (χ3n) is 4.09. The quantitative estimate of drug-likeness (QED) is 0.795. The van der Waals surface area contributed by atoms with Crippen LogP contribution >= 0.6 is 0 Å². The Hall–Kier alpha value is -0.770. The van der Waals surface area contributed by atoms with Gasteiger partial charge in [0.25, 0.3) is 0 Å². The Bertz CT molecular complexity index is 263. The third-order valence-corrected chi connectivity index (χ3v) is 4.09. The van der Waals surface area contributed by atoms with Gasteiger partial charge in [-0.1, -0.05) is 13.8 Å². The minimum absolute atomic E-state index is 0.273. The summed E-state index contributed by atoms with van der Waals surface area (Å²) in [4.78, 5) is 16.6. The lowest BCUT2D eigenvalue weighted by molar-refractivity contribution is 0.111. The van der Waals surface area contributed by atoms with Crippen molar-refractivity contribution in [3.63, 3.8) is 0 Å². The summed E-state index contributed by atoms with van der Waals surface area (Å²) in [7, 11) is 0. The standard InChI is InChI=1S/C13H25N3O/c1-3-11-10-16(12(4-2)9-14-11)13(17)15-7-5-6-8-15/h11-12,14H,3-10H2,1-2H3. The molecule has 2 unspecified atom stereocenters. The molecule has 0 aromatic rings. The molecule has 0 bridgehead atoms. The SMILES string of the molecule is CCC1CN(C(=O)N2CCCC2)C(CC)CN1. The number of carbonyl (C=O) groups is 1. The van der Waals surface area contributed by atoms with Gasteiger partial charge in [-0.2, -0.15) is 0 Å². The number of hydrogen-bond acceptors (Lipinski definition) is 2. The van der Waals surface area contributed by atoms with Crippen LogP contribution in [-0.4, -0.2) is 54.1 Å². The van der Waals surface area contributed by atoms with Crippen LogP contribution in [0.2, 0.25) is 0 Å². The largest absolute Gasteiger partial charge is 0.325 e. The molecule has 2 atom stereocenters. The van der Waals surface area contributed by atoms with Gasteiger partial charge >= 0.3 is 6.03 Å². The molecule has 2 fully saturated rings. The summed E-state index contributed by atoms with van der Waals surface area (Å²) in [6.07, 6.45) is 4.49. The second-order valence-corrected chi connectivity index (χ2v) is 5.20. The molecule has 2 aliphatic heterocycles. The van der Waals surface area contributed by atoms with Crippen molar-refractivity contribution in [3.8, 4) is 0 Å². The molecule has 0 spiro atoms. The van der Waals surface area contributed by atoms with Crippen molar-refractivity contribution in [2.24, 2.45) is 0 Å². The van der Waals surface area contributed by atoms with Gasteiger partial charge in [0.1, 0.15) is 0 Å². The fourth-order valence-corrected chi connectivity index (χ4v) is 2.83. The molecule has 0 aliphatic carbocycles. The summed E-state index contributed by atoms with van der Waals surface area (Å²) < 4.78 is 0. The van der Waals surface area contributed by atoms with E-state index >= 15 is 0 Å². The fraction of sp³-hybridized carbons (Fsp3) is 0.923. The van der Waals surface area contributed by atoms with Gasteiger partial charge in [0, 0.05) is 38.3 Å². The number of amides is 2. The average molecular weight is 239 g/mol. The highest BCUT2D eigenvalue weighted by Crippen LogP contribution is 2.17. The number of likely N-dealkylation sites (tertiary alicyclic amines) is 1. The number of piperazine rings is 1. The highest BCUT2D eigenvalue weighted by atomic mass is 16.2. The molecule has 2 amide bonds. The number of nitrogens with one attached hydrogen (secondary N) is 1. The van der Waals surface area contributed by atoms with Crippen molar-refractivity contribution in [3.05, 3.63) is 0 Å². The van der Waals surface area contributed by atoms with Gasteiger partial charge in [0.2, 0.25) is 0 Å². The Morgan fingerprint density at radius 3 is 2.53 bits per heavy atom. The Morgan fingerprint density at radius 1 is 1.24 bits per heavy atom. The summed E-state index contributed by atoms with van der Waals surface area (Å²) in [6, 6.07) is 1.13. The first-order chi connectivity index (χ1) is 8.26. The molecule has 4 heteroatoms. The monoisotopic (exact) mass is 239 g/mol. The van der Waals surface area contributed by atoms with Crippen LogP contribution in [0.25, 0.3) is 0 Å².